The van der Waals surface area contributed by atoms with Gasteiger partial charge in [-0.1, -0.05) is 12.1 Å². The van der Waals surface area contributed by atoms with E-state index in [9.17, 15) is 9.59 Å². The molecule has 102 valence electrons. The molecule has 2 rings (SSSR count). The first kappa shape index (κ1) is 13.5. The summed E-state index contributed by atoms with van der Waals surface area (Å²) in [5.74, 6) is -0.932. The molecule has 1 heterocycles. The highest BCUT2D eigenvalue weighted by atomic mass is 16.5. The van der Waals surface area contributed by atoms with Crippen LogP contribution in [0.2, 0.25) is 0 Å². The largest absolute Gasteiger partial charge is 0.478 e. The molecule has 1 amide bonds. The Morgan fingerprint density at radius 1 is 1.32 bits per heavy atom. The molecule has 0 atom stereocenters. The number of rotatable bonds is 4. The van der Waals surface area contributed by atoms with Gasteiger partial charge in [0.1, 0.15) is 0 Å². The van der Waals surface area contributed by atoms with Crippen LogP contribution in [0.25, 0.3) is 0 Å². The SMILES string of the molecule is O=C(O)c1cccc(CNC(=O)C2CCOCC2)c1. The molecule has 5 heteroatoms. The van der Waals surface area contributed by atoms with Crippen molar-refractivity contribution in [3.05, 3.63) is 35.4 Å². The molecule has 2 N–H and O–H groups in total. The molecule has 1 aliphatic heterocycles. The molecule has 5 nitrogen and oxygen atoms in total. The minimum absolute atomic E-state index is 0.0106. The normalized spacial score (nSPS) is 16.0. The third-order valence-corrected chi connectivity index (χ3v) is 3.23. The van der Waals surface area contributed by atoms with E-state index in [1.807, 2.05) is 0 Å². The number of nitrogens with one attached hydrogen (secondary N) is 1. The topological polar surface area (TPSA) is 75.6 Å². The van der Waals surface area contributed by atoms with Crippen LogP contribution in [0.15, 0.2) is 24.3 Å². The van der Waals surface area contributed by atoms with Gasteiger partial charge in [0.25, 0.3) is 0 Å². The van der Waals surface area contributed by atoms with Gasteiger partial charge in [-0.25, -0.2) is 4.79 Å². The van der Waals surface area contributed by atoms with Gasteiger partial charge in [-0.05, 0) is 30.5 Å². The van der Waals surface area contributed by atoms with Gasteiger partial charge in [0.15, 0.2) is 0 Å². The van der Waals surface area contributed by atoms with Gasteiger partial charge in [-0.15, -0.1) is 0 Å². The second-order valence-corrected chi connectivity index (χ2v) is 4.61. The fourth-order valence-corrected chi connectivity index (χ4v) is 2.11. The highest BCUT2D eigenvalue weighted by Gasteiger charge is 2.21. The van der Waals surface area contributed by atoms with Crippen molar-refractivity contribution in [1.82, 2.24) is 5.32 Å². The van der Waals surface area contributed by atoms with Crippen molar-refractivity contribution in [2.45, 2.75) is 19.4 Å². The molecule has 1 fully saturated rings. The maximum Gasteiger partial charge on any atom is 0.335 e. The van der Waals surface area contributed by atoms with Gasteiger partial charge in [-0.3, -0.25) is 4.79 Å². The number of carbonyl (C=O) groups is 2. The van der Waals surface area contributed by atoms with Crippen LogP contribution in [-0.4, -0.2) is 30.2 Å². The maximum atomic E-state index is 11.9. The standard InChI is InChI=1S/C14H17NO4/c16-13(11-4-6-19-7-5-11)15-9-10-2-1-3-12(8-10)14(17)18/h1-3,8,11H,4-7,9H2,(H,15,16)(H,17,18). The molecule has 0 spiro atoms. The van der Waals surface area contributed by atoms with E-state index in [1.54, 1.807) is 18.2 Å². The lowest BCUT2D eigenvalue weighted by atomic mass is 9.99. The summed E-state index contributed by atoms with van der Waals surface area (Å²) in [6.07, 6.45) is 1.50. The van der Waals surface area contributed by atoms with E-state index in [0.717, 1.165) is 18.4 Å². The number of benzene rings is 1. The lowest BCUT2D eigenvalue weighted by Gasteiger charge is -2.21. The predicted octanol–water partition coefficient (Wildman–Crippen LogP) is 1.43. The number of ether oxygens (including phenoxy) is 1. The zero-order valence-electron chi connectivity index (χ0n) is 10.6. The summed E-state index contributed by atoms with van der Waals surface area (Å²) in [6, 6.07) is 6.59. The van der Waals surface area contributed by atoms with Crippen LogP contribution in [0.4, 0.5) is 0 Å². The Hall–Kier alpha value is -1.88. The summed E-state index contributed by atoms with van der Waals surface area (Å²) in [4.78, 5) is 22.7. The number of amides is 1. The number of carboxylic acids is 1. The Kier molecular flexibility index (Phi) is 4.52. The zero-order chi connectivity index (χ0) is 13.7. The van der Waals surface area contributed by atoms with E-state index in [2.05, 4.69) is 5.32 Å². The fraction of sp³-hybridized carbons (Fsp3) is 0.429. The first-order valence-corrected chi connectivity index (χ1v) is 6.34. The van der Waals surface area contributed by atoms with Crippen LogP contribution < -0.4 is 5.32 Å². The number of hydrogen-bond donors (Lipinski definition) is 2. The molecule has 1 aromatic carbocycles. The van der Waals surface area contributed by atoms with E-state index in [4.69, 9.17) is 9.84 Å². The third kappa shape index (κ3) is 3.79. The highest BCUT2D eigenvalue weighted by molar-refractivity contribution is 5.87. The summed E-state index contributed by atoms with van der Waals surface area (Å²) < 4.78 is 5.21. The van der Waals surface area contributed by atoms with Gasteiger partial charge in [0.2, 0.25) is 5.91 Å². The minimum atomic E-state index is -0.961. The molecule has 19 heavy (non-hydrogen) atoms. The zero-order valence-corrected chi connectivity index (χ0v) is 10.6. The smallest absolute Gasteiger partial charge is 0.335 e. The van der Waals surface area contributed by atoms with Crippen LogP contribution in [0.5, 0.6) is 0 Å². The molecule has 0 unspecified atom stereocenters. The van der Waals surface area contributed by atoms with Crippen LogP contribution >= 0.6 is 0 Å². The second-order valence-electron chi connectivity index (χ2n) is 4.61. The number of hydrogen-bond acceptors (Lipinski definition) is 3. The average Bonchev–Trinajstić information content (AvgIpc) is 2.46. The lowest BCUT2D eigenvalue weighted by molar-refractivity contribution is -0.128. The third-order valence-electron chi connectivity index (χ3n) is 3.23. The van der Waals surface area contributed by atoms with Gasteiger partial charge in [0, 0.05) is 25.7 Å². The van der Waals surface area contributed by atoms with Crippen molar-refractivity contribution >= 4 is 11.9 Å². The maximum absolute atomic E-state index is 11.9. The minimum Gasteiger partial charge on any atom is -0.478 e. The summed E-state index contributed by atoms with van der Waals surface area (Å²) in [5.41, 5.74) is 1.03. The first-order valence-electron chi connectivity index (χ1n) is 6.34. The Morgan fingerprint density at radius 3 is 2.74 bits per heavy atom. The summed E-state index contributed by atoms with van der Waals surface area (Å²) >= 11 is 0. The molecule has 0 saturated carbocycles. The number of carboxylic acid groups (broad SMARTS) is 1. The Bertz CT molecular complexity index is 466. The second kappa shape index (κ2) is 6.33. The molecule has 0 bridgehead atoms. The Morgan fingerprint density at radius 2 is 2.05 bits per heavy atom. The number of carbonyl (C=O) groups excluding carboxylic acids is 1. The molecule has 1 aromatic rings. The monoisotopic (exact) mass is 263 g/mol. The van der Waals surface area contributed by atoms with Crippen molar-refractivity contribution < 1.29 is 19.4 Å². The van der Waals surface area contributed by atoms with Crippen molar-refractivity contribution in [1.29, 1.82) is 0 Å². The van der Waals surface area contributed by atoms with Crippen LogP contribution in [0.3, 0.4) is 0 Å². The van der Waals surface area contributed by atoms with E-state index in [-0.39, 0.29) is 17.4 Å². The van der Waals surface area contributed by atoms with Crippen LogP contribution in [0, 0.1) is 5.92 Å². The molecular formula is C14H17NO4. The average molecular weight is 263 g/mol. The van der Waals surface area contributed by atoms with Crippen molar-refractivity contribution in [3.63, 3.8) is 0 Å². The van der Waals surface area contributed by atoms with E-state index in [1.165, 1.54) is 6.07 Å². The van der Waals surface area contributed by atoms with Gasteiger partial charge in [0.05, 0.1) is 5.56 Å². The lowest BCUT2D eigenvalue weighted by Crippen LogP contribution is -2.33. The van der Waals surface area contributed by atoms with Gasteiger partial charge < -0.3 is 15.2 Å². The van der Waals surface area contributed by atoms with Crippen molar-refractivity contribution in [2.75, 3.05) is 13.2 Å². The van der Waals surface area contributed by atoms with E-state index < -0.39 is 5.97 Å². The molecule has 0 radical (unpaired) electrons. The fourth-order valence-electron chi connectivity index (χ4n) is 2.11. The summed E-state index contributed by atoms with van der Waals surface area (Å²) in [6.45, 7) is 1.62. The molecule has 1 aliphatic rings. The first-order chi connectivity index (χ1) is 9.16. The quantitative estimate of drug-likeness (QED) is 0.861. The van der Waals surface area contributed by atoms with Crippen molar-refractivity contribution in [2.24, 2.45) is 5.92 Å². The predicted molar refractivity (Wildman–Crippen MR) is 68.8 cm³/mol. The van der Waals surface area contributed by atoms with Crippen LogP contribution in [0.1, 0.15) is 28.8 Å². The number of aromatic carboxylic acids is 1. The van der Waals surface area contributed by atoms with Crippen molar-refractivity contribution in [3.8, 4) is 0 Å². The Balaban J connectivity index is 1.89. The molecular weight excluding hydrogens is 246 g/mol. The molecule has 1 saturated heterocycles. The van der Waals surface area contributed by atoms with E-state index >= 15 is 0 Å². The van der Waals surface area contributed by atoms with Crippen LogP contribution in [-0.2, 0) is 16.1 Å². The van der Waals surface area contributed by atoms with E-state index in [0.29, 0.717) is 19.8 Å². The summed E-state index contributed by atoms with van der Waals surface area (Å²) in [5, 5.41) is 11.7. The molecule has 0 aliphatic carbocycles. The molecule has 0 aromatic heterocycles. The summed E-state index contributed by atoms with van der Waals surface area (Å²) in [7, 11) is 0. The van der Waals surface area contributed by atoms with Gasteiger partial charge >= 0.3 is 5.97 Å². The Labute approximate surface area is 111 Å². The highest BCUT2D eigenvalue weighted by Crippen LogP contribution is 2.15. The van der Waals surface area contributed by atoms with Gasteiger partial charge in [-0.2, -0.15) is 0 Å².